The highest BCUT2D eigenvalue weighted by Gasteiger charge is 2.77. The van der Waals surface area contributed by atoms with Gasteiger partial charge in [0, 0.05) is 44.4 Å². The van der Waals surface area contributed by atoms with Gasteiger partial charge in [0.2, 0.25) is 6.29 Å². The summed E-state index contributed by atoms with van der Waals surface area (Å²) in [5.41, 5.74) is 2.43. The van der Waals surface area contributed by atoms with Crippen molar-refractivity contribution in [1.82, 2.24) is 0 Å². The standard InChI is InChI=1S/C40H49ClO10/c1-7-33(44)29-10-8-25(9-11-29)12-28-18-32(40(45-6)39(50-51-40)30-14-26-13-27(16-30)17-31(39)15-26)36(41)34(19-28)48-38-37(47-24(5)43)22(3)21(2)35(49-38)20-46-23(4)42/h8-11,18-19,21-22,26-27,30-31,35,37-38H,7,12-17,20H2,1-6H3/t21-,22+,26?,27?,30?,31?,35?,37?,38-,39?,40?/m1/s1. The lowest BCUT2D eigenvalue weighted by Gasteiger charge is -2.68. The van der Waals surface area contributed by atoms with E-state index in [1.54, 1.807) is 7.11 Å². The molecule has 0 radical (unpaired) electrons. The van der Waals surface area contributed by atoms with Gasteiger partial charge < -0.3 is 23.7 Å². The maximum atomic E-state index is 12.3. The summed E-state index contributed by atoms with van der Waals surface area (Å²) in [6, 6.07) is 11.5. The fourth-order valence-corrected chi connectivity index (χ4v) is 10.2. The van der Waals surface area contributed by atoms with Crippen molar-refractivity contribution in [2.45, 2.75) is 109 Å². The molecule has 0 aromatic heterocycles. The minimum Gasteiger partial charge on any atom is -0.463 e. The maximum absolute atomic E-state index is 12.3. The molecule has 4 aliphatic carbocycles. The Morgan fingerprint density at radius 2 is 1.55 bits per heavy atom. The lowest BCUT2D eigenvalue weighted by molar-refractivity contribution is -0.645. The number of hydrogen-bond acceptors (Lipinski definition) is 10. The summed E-state index contributed by atoms with van der Waals surface area (Å²) in [7, 11) is 1.64. The van der Waals surface area contributed by atoms with Crippen molar-refractivity contribution in [1.29, 1.82) is 0 Å². The monoisotopic (exact) mass is 724 g/mol. The maximum Gasteiger partial charge on any atom is 0.303 e. The molecule has 2 heterocycles. The van der Waals surface area contributed by atoms with Crippen molar-refractivity contribution in [3.63, 3.8) is 0 Å². The van der Waals surface area contributed by atoms with E-state index in [2.05, 4.69) is 0 Å². The first-order valence-electron chi connectivity index (χ1n) is 18.4. The number of methoxy groups -OCH3 is 1. The highest BCUT2D eigenvalue weighted by atomic mass is 35.5. The number of halogens is 1. The fourth-order valence-electron chi connectivity index (χ4n) is 9.89. The summed E-state index contributed by atoms with van der Waals surface area (Å²) in [5, 5.41) is 0.286. The van der Waals surface area contributed by atoms with Gasteiger partial charge in [0.15, 0.2) is 17.5 Å². The summed E-state index contributed by atoms with van der Waals surface area (Å²) in [5.74, 6) is -0.211. The van der Waals surface area contributed by atoms with Gasteiger partial charge in [-0.3, -0.25) is 14.4 Å². The van der Waals surface area contributed by atoms with Crippen molar-refractivity contribution in [3.05, 3.63) is 63.7 Å². The van der Waals surface area contributed by atoms with Crippen LogP contribution in [-0.2, 0) is 50.5 Å². The first-order chi connectivity index (χ1) is 24.4. The van der Waals surface area contributed by atoms with Crippen LogP contribution < -0.4 is 4.74 Å². The van der Waals surface area contributed by atoms with E-state index < -0.39 is 41.8 Å². The summed E-state index contributed by atoms with van der Waals surface area (Å²) in [6.07, 6.45) is 4.10. The number of ether oxygens (including phenoxy) is 5. The second-order valence-corrected chi connectivity index (χ2v) is 15.8. The van der Waals surface area contributed by atoms with Gasteiger partial charge in [-0.25, -0.2) is 4.89 Å². The molecule has 2 aliphatic heterocycles. The molecule has 1 spiro atoms. The van der Waals surface area contributed by atoms with E-state index in [4.69, 9.17) is 45.1 Å². The number of carbonyl (C=O) groups excluding carboxylic acids is 3. The van der Waals surface area contributed by atoms with Gasteiger partial charge in [0.05, 0.1) is 11.1 Å². The number of benzene rings is 2. The third kappa shape index (κ3) is 6.28. The molecule has 0 N–H and O–H groups in total. The summed E-state index contributed by atoms with van der Waals surface area (Å²) < 4.78 is 30.7. The van der Waals surface area contributed by atoms with E-state index in [-0.39, 0.29) is 41.1 Å². The van der Waals surface area contributed by atoms with Gasteiger partial charge in [0.1, 0.15) is 12.4 Å². The predicted molar refractivity (Wildman–Crippen MR) is 186 cm³/mol. The van der Waals surface area contributed by atoms with E-state index in [1.807, 2.05) is 57.2 Å². The molecule has 6 aliphatic rings. The first kappa shape index (κ1) is 36.3. The second-order valence-electron chi connectivity index (χ2n) is 15.4. The molecule has 4 bridgehead atoms. The first-order valence-corrected chi connectivity index (χ1v) is 18.8. The molecular weight excluding hydrogens is 676 g/mol. The number of Topliss-reactive ketones (excluding diaryl/α,β-unsaturated/α-hetero) is 1. The quantitative estimate of drug-likeness (QED) is 0.132. The Kier molecular flexibility index (Phi) is 10.0. The minimum atomic E-state index is -1.28. The number of esters is 2. The molecule has 2 saturated heterocycles. The van der Waals surface area contributed by atoms with E-state index >= 15 is 0 Å². The minimum absolute atomic E-state index is 0.0221. The number of rotatable bonds is 11. The molecule has 3 unspecified atom stereocenters. The van der Waals surface area contributed by atoms with Crippen molar-refractivity contribution in [2.75, 3.05) is 13.7 Å². The van der Waals surface area contributed by atoms with Crippen LogP contribution in [0.4, 0.5) is 0 Å². The van der Waals surface area contributed by atoms with Crippen molar-refractivity contribution >= 4 is 29.3 Å². The molecule has 4 saturated carbocycles. The Balaban J connectivity index is 1.29. The van der Waals surface area contributed by atoms with Gasteiger partial charge in [-0.15, -0.1) is 0 Å². The number of hydrogen-bond donors (Lipinski definition) is 0. The topological polar surface area (TPSA) is 116 Å². The van der Waals surface area contributed by atoms with Crippen LogP contribution in [0.1, 0.15) is 100 Å². The van der Waals surface area contributed by atoms with Crippen molar-refractivity contribution in [3.8, 4) is 5.75 Å². The Morgan fingerprint density at radius 1 is 0.882 bits per heavy atom. The fraction of sp³-hybridized carbons (Fsp3) is 0.625. The normalized spacial score (nSPS) is 36.4. The third-order valence-electron chi connectivity index (χ3n) is 12.4. The number of ketones is 1. The lowest BCUT2D eigenvalue weighted by atomic mass is 9.47. The zero-order chi connectivity index (χ0) is 36.2. The molecule has 51 heavy (non-hydrogen) atoms. The van der Waals surface area contributed by atoms with Crippen LogP contribution in [0.3, 0.4) is 0 Å². The Hall–Kier alpha value is -3.02. The smallest absolute Gasteiger partial charge is 0.303 e. The van der Waals surface area contributed by atoms with Crippen molar-refractivity contribution in [2.24, 2.45) is 35.5 Å². The van der Waals surface area contributed by atoms with Crippen LogP contribution >= 0.6 is 11.6 Å². The summed E-state index contributed by atoms with van der Waals surface area (Å²) >= 11 is 7.39. The van der Waals surface area contributed by atoms with Gasteiger partial charge >= 0.3 is 11.9 Å². The zero-order valence-electron chi connectivity index (χ0n) is 30.3. The highest BCUT2D eigenvalue weighted by molar-refractivity contribution is 6.33. The molecule has 2 aromatic rings. The molecule has 6 fully saturated rings. The summed E-state index contributed by atoms with van der Waals surface area (Å²) in [6.45, 7) is 8.51. The molecular formula is C40H49ClO10. The Labute approximate surface area is 304 Å². The van der Waals surface area contributed by atoms with Crippen molar-refractivity contribution < 1.29 is 47.8 Å². The largest absolute Gasteiger partial charge is 0.463 e. The van der Waals surface area contributed by atoms with Crippen LogP contribution in [-0.4, -0.2) is 55.5 Å². The van der Waals surface area contributed by atoms with E-state index in [0.29, 0.717) is 41.6 Å². The van der Waals surface area contributed by atoms with Crippen LogP contribution in [0.5, 0.6) is 5.75 Å². The molecule has 6 atom stereocenters. The molecule has 0 amide bonds. The van der Waals surface area contributed by atoms with Gasteiger partial charge in [0.25, 0.3) is 5.79 Å². The van der Waals surface area contributed by atoms with E-state index in [9.17, 15) is 14.4 Å². The van der Waals surface area contributed by atoms with Crippen LogP contribution in [0.15, 0.2) is 36.4 Å². The SMILES string of the molecule is CCC(=O)c1ccc(Cc2cc(O[C@@H]3OC(COC(C)=O)[C@H](C)[C@H](C)C3OC(C)=O)c(Cl)c(C3(OC)OOC34C3CC5CC(C3)CC4C5)c2)cc1. The second kappa shape index (κ2) is 14.1. The molecule has 276 valence electrons. The van der Waals surface area contributed by atoms with Gasteiger partial charge in [-0.1, -0.05) is 56.6 Å². The Morgan fingerprint density at radius 3 is 2.10 bits per heavy atom. The van der Waals surface area contributed by atoms with Crippen LogP contribution in [0.2, 0.25) is 5.02 Å². The third-order valence-corrected chi connectivity index (χ3v) is 12.8. The zero-order valence-corrected chi connectivity index (χ0v) is 31.0. The van der Waals surface area contributed by atoms with E-state index in [0.717, 1.165) is 36.8 Å². The average molecular weight is 725 g/mol. The van der Waals surface area contributed by atoms with Gasteiger partial charge in [-0.05, 0) is 91.4 Å². The average Bonchev–Trinajstić information content (AvgIpc) is 3.08. The predicted octanol–water partition coefficient (Wildman–Crippen LogP) is 7.35. The van der Waals surface area contributed by atoms with Crippen LogP contribution in [0, 0.1) is 35.5 Å². The van der Waals surface area contributed by atoms with Crippen LogP contribution in [0.25, 0.3) is 0 Å². The molecule has 11 heteroatoms. The molecule has 8 rings (SSSR count). The van der Waals surface area contributed by atoms with E-state index in [1.165, 1.54) is 20.3 Å². The summed E-state index contributed by atoms with van der Waals surface area (Å²) in [4.78, 5) is 48.8. The van der Waals surface area contributed by atoms with Gasteiger partial charge in [-0.2, -0.15) is 4.89 Å². The molecule has 2 aromatic carbocycles. The lowest BCUT2D eigenvalue weighted by Crippen LogP contribution is -2.76. The Bertz CT molecular complexity index is 1620. The highest BCUT2D eigenvalue weighted by Crippen LogP contribution is 2.70. The molecule has 10 nitrogen and oxygen atoms in total. The number of carbonyl (C=O) groups is 3.